The second kappa shape index (κ2) is 8.18. The summed E-state index contributed by atoms with van der Waals surface area (Å²) in [6, 6.07) is 9.70. The van der Waals surface area contributed by atoms with Gasteiger partial charge in [-0.25, -0.2) is 0 Å². The van der Waals surface area contributed by atoms with Crippen molar-refractivity contribution in [2.45, 2.75) is 30.3 Å². The van der Waals surface area contributed by atoms with Crippen LogP contribution in [0, 0.1) is 11.3 Å². The van der Waals surface area contributed by atoms with Crippen molar-refractivity contribution >= 4 is 23.4 Å². The number of ether oxygens (including phenoxy) is 1. The fourth-order valence-corrected chi connectivity index (χ4v) is 2.83. The van der Waals surface area contributed by atoms with Crippen molar-refractivity contribution in [3.8, 4) is 17.5 Å². The maximum atomic E-state index is 8.99. The molecule has 0 saturated carbocycles. The Labute approximate surface area is 139 Å². The molecule has 0 fully saturated rings. The minimum atomic E-state index is -0.177. The Hall–Kier alpha value is -1.55. The van der Waals surface area contributed by atoms with Crippen LogP contribution in [0.3, 0.4) is 0 Å². The standard InChI is InChI=1S/C15H17ClN4OS/c1-11(10-17)22-15-19-18-14(20(15)8-3-9-21-2)12-4-6-13(16)7-5-12/h4-7,11H,3,8-9H2,1-2H3/t11-/m1/s1. The highest BCUT2D eigenvalue weighted by Crippen LogP contribution is 2.27. The van der Waals surface area contributed by atoms with E-state index in [1.54, 1.807) is 7.11 Å². The summed E-state index contributed by atoms with van der Waals surface area (Å²) in [6.45, 7) is 3.25. The lowest BCUT2D eigenvalue weighted by Gasteiger charge is -2.10. The quantitative estimate of drug-likeness (QED) is 0.570. The van der Waals surface area contributed by atoms with Crippen LogP contribution in [0.2, 0.25) is 5.02 Å². The molecule has 7 heteroatoms. The summed E-state index contributed by atoms with van der Waals surface area (Å²) < 4.78 is 7.14. The molecule has 5 nitrogen and oxygen atoms in total. The zero-order chi connectivity index (χ0) is 15.9. The first-order chi connectivity index (χ1) is 10.7. The monoisotopic (exact) mass is 336 g/mol. The van der Waals surface area contributed by atoms with E-state index >= 15 is 0 Å². The van der Waals surface area contributed by atoms with E-state index in [2.05, 4.69) is 16.3 Å². The molecule has 116 valence electrons. The van der Waals surface area contributed by atoms with Crippen LogP contribution >= 0.6 is 23.4 Å². The SMILES string of the molecule is COCCCn1c(S[C@H](C)C#N)nnc1-c1ccc(Cl)cc1. The van der Waals surface area contributed by atoms with Gasteiger partial charge < -0.3 is 9.30 Å². The van der Waals surface area contributed by atoms with E-state index in [-0.39, 0.29) is 5.25 Å². The van der Waals surface area contributed by atoms with Crippen molar-refractivity contribution in [1.29, 1.82) is 5.26 Å². The van der Waals surface area contributed by atoms with Gasteiger partial charge in [0.2, 0.25) is 0 Å². The zero-order valence-electron chi connectivity index (χ0n) is 12.5. The Bertz CT molecular complexity index is 651. The largest absolute Gasteiger partial charge is 0.385 e. The van der Waals surface area contributed by atoms with Crippen LogP contribution in [-0.4, -0.2) is 33.7 Å². The summed E-state index contributed by atoms with van der Waals surface area (Å²) in [7, 11) is 1.68. The van der Waals surface area contributed by atoms with Crippen molar-refractivity contribution in [1.82, 2.24) is 14.8 Å². The molecule has 0 aliphatic rings. The molecule has 1 aromatic carbocycles. The summed E-state index contributed by atoms with van der Waals surface area (Å²) >= 11 is 7.34. The third kappa shape index (κ3) is 4.23. The highest BCUT2D eigenvalue weighted by molar-refractivity contribution is 8.00. The van der Waals surface area contributed by atoms with Crippen molar-refractivity contribution in [3.63, 3.8) is 0 Å². The predicted molar refractivity (Wildman–Crippen MR) is 87.9 cm³/mol. The minimum Gasteiger partial charge on any atom is -0.385 e. The normalized spacial score (nSPS) is 12.1. The van der Waals surface area contributed by atoms with Gasteiger partial charge in [-0.3, -0.25) is 0 Å². The molecule has 0 spiro atoms. The second-order valence-corrected chi connectivity index (χ2v) is 6.44. The van der Waals surface area contributed by atoms with Gasteiger partial charge in [0.15, 0.2) is 11.0 Å². The molecular formula is C15H17ClN4OS. The number of halogens is 1. The van der Waals surface area contributed by atoms with Gasteiger partial charge in [-0.1, -0.05) is 23.4 Å². The van der Waals surface area contributed by atoms with Gasteiger partial charge in [0.05, 0.1) is 11.3 Å². The Balaban J connectivity index is 2.31. The molecule has 1 aromatic heterocycles. The summed E-state index contributed by atoms with van der Waals surface area (Å²) in [5.41, 5.74) is 0.950. The molecule has 0 amide bonds. The molecule has 0 radical (unpaired) electrons. The second-order valence-electron chi connectivity index (χ2n) is 4.70. The van der Waals surface area contributed by atoms with Crippen molar-refractivity contribution in [2.24, 2.45) is 0 Å². The van der Waals surface area contributed by atoms with Gasteiger partial charge in [0.1, 0.15) is 0 Å². The number of hydrogen-bond donors (Lipinski definition) is 0. The molecule has 1 heterocycles. The molecule has 1 atom stereocenters. The van der Waals surface area contributed by atoms with E-state index < -0.39 is 0 Å². The third-order valence-corrected chi connectivity index (χ3v) is 4.24. The fourth-order valence-electron chi connectivity index (χ4n) is 1.94. The van der Waals surface area contributed by atoms with Crippen LogP contribution in [0.15, 0.2) is 29.4 Å². The Morgan fingerprint density at radius 1 is 1.36 bits per heavy atom. The van der Waals surface area contributed by atoms with Gasteiger partial charge >= 0.3 is 0 Å². The number of aromatic nitrogens is 3. The van der Waals surface area contributed by atoms with Gasteiger partial charge in [-0.15, -0.1) is 10.2 Å². The van der Waals surface area contributed by atoms with Crippen molar-refractivity contribution in [3.05, 3.63) is 29.3 Å². The van der Waals surface area contributed by atoms with Crippen LogP contribution in [0.1, 0.15) is 13.3 Å². The van der Waals surface area contributed by atoms with E-state index in [9.17, 15) is 0 Å². The van der Waals surface area contributed by atoms with Gasteiger partial charge in [-0.05, 0) is 37.6 Å². The molecule has 0 saturated heterocycles. The maximum Gasteiger partial charge on any atom is 0.192 e. The van der Waals surface area contributed by atoms with Gasteiger partial charge in [0, 0.05) is 30.8 Å². The minimum absolute atomic E-state index is 0.177. The third-order valence-electron chi connectivity index (χ3n) is 3.01. The summed E-state index contributed by atoms with van der Waals surface area (Å²) in [4.78, 5) is 0. The Morgan fingerprint density at radius 3 is 2.73 bits per heavy atom. The topological polar surface area (TPSA) is 63.7 Å². The van der Waals surface area contributed by atoms with E-state index in [0.29, 0.717) is 11.6 Å². The van der Waals surface area contributed by atoms with Crippen LogP contribution in [0.4, 0.5) is 0 Å². The molecule has 0 N–H and O–H groups in total. The van der Waals surface area contributed by atoms with Crippen molar-refractivity contribution < 1.29 is 4.74 Å². The van der Waals surface area contributed by atoms with Gasteiger partial charge in [-0.2, -0.15) is 5.26 Å². The molecule has 0 aliphatic heterocycles. The number of nitrogens with zero attached hydrogens (tertiary/aromatic N) is 4. The van der Waals surface area contributed by atoms with E-state index in [0.717, 1.165) is 29.5 Å². The molecule has 0 unspecified atom stereocenters. The molecular weight excluding hydrogens is 320 g/mol. The first-order valence-electron chi connectivity index (χ1n) is 6.90. The van der Waals surface area contributed by atoms with Crippen molar-refractivity contribution in [2.75, 3.05) is 13.7 Å². The molecule has 22 heavy (non-hydrogen) atoms. The lowest BCUT2D eigenvalue weighted by Crippen LogP contribution is -2.06. The summed E-state index contributed by atoms with van der Waals surface area (Å²) in [5.74, 6) is 0.778. The first kappa shape index (κ1) is 16.8. The van der Waals surface area contributed by atoms with Gasteiger partial charge in [0.25, 0.3) is 0 Å². The highest BCUT2D eigenvalue weighted by atomic mass is 35.5. The van der Waals surface area contributed by atoms with Crippen LogP contribution in [0.25, 0.3) is 11.4 Å². The number of nitriles is 1. The van der Waals surface area contributed by atoms with Crippen LogP contribution in [-0.2, 0) is 11.3 Å². The predicted octanol–water partition coefficient (Wildman–Crippen LogP) is 3.64. The molecule has 2 aromatic rings. The number of hydrogen-bond acceptors (Lipinski definition) is 5. The highest BCUT2D eigenvalue weighted by Gasteiger charge is 2.16. The summed E-state index contributed by atoms with van der Waals surface area (Å²) in [6.07, 6.45) is 0.851. The zero-order valence-corrected chi connectivity index (χ0v) is 14.1. The van der Waals surface area contributed by atoms with Crippen LogP contribution < -0.4 is 0 Å². The lowest BCUT2D eigenvalue weighted by atomic mass is 10.2. The van der Waals surface area contributed by atoms with E-state index in [1.165, 1.54) is 11.8 Å². The molecule has 0 aliphatic carbocycles. The Kier molecular flexibility index (Phi) is 6.25. The maximum absolute atomic E-state index is 8.99. The van der Waals surface area contributed by atoms with E-state index in [1.807, 2.05) is 35.8 Å². The van der Waals surface area contributed by atoms with Crippen LogP contribution in [0.5, 0.6) is 0 Å². The first-order valence-corrected chi connectivity index (χ1v) is 8.16. The Morgan fingerprint density at radius 2 is 2.09 bits per heavy atom. The summed E-state index contributed by atoms with van der Waals surface area (Å²) in [5, 5.41) is 18.8. The number of benzene rings is 1. The number of methoxy groups -OCH3 is 1. The average molecular weight is 337 g/mol. The number of rotatable bonds is 7. The fraction of sp³-hybridized carbons (Fsp3) is 0.400. The molecule has 2 rings (SSSR count). The molecule has 0 bridgehead atoms. The average Bonchev–Trinajstić information content (AvgIpc) is 2.91. The van der Waals surface area contributed by atoms with E-state index in [4.69, 9.17) is 21.6 Å². The number of thioether (sulfide) groups is 1. The smallest absolute Gasteiger partial charge is 0.192 e. The lowest BCUT2D eigenvalue weighted by molar-refractivity contribution is 0.189.